The number of hydrogen-bond donors (Lipinski definition) is 1. The molecule has 1 aliphatic rings. The van der Waals surface area contributed by atoms with Crippen molar-refractivity contribution in [2.45, 2.75) is 25.4 Å². The van der Waals surface area contributed by atoms with E-state index in [0.29, 0.717) is 6.42 Å². The summed E-state index contributed by atoms with van der Waals surface area (Å²) in [6, 6.07) is 9.63. The van der Waals surface area contributed by atoms with Crippen LogP contribution in [0.4, 0.5) is 0 Å². The minimum atomic E-state index is -0.888. The van der Waals surface area contributed by atoms with Crippen molar-refractivity contribution < 1.29 is 9.90 Å². The van der Waals surface area contributed by atoms with Gasteiger partial charge in [-0.25, -0.2) is 0 Å². The van der Waals surface area contributed by atoms with Crippen molar-refractivity contribution in [2.75, 3.05) is 13.1 Å². The number of hydrogen-bond acceptors (Lipinski definition) is 2. The molecule has 0 aromatic heterocycles. The molecule has 0 spiro atoms. The van der Waals surface area contributed by atoms with Crippen LogP contribution in [0.2, 0.25) is 0 Å². The van der Waals surface area contributed by atoms with Gasteiger partial charge in [0.1, 0.15) is 6.10 Å². The van der Waals surface area contributed by atoms with E-state index in [9.17, 15) is 9.90 Å². The number of aliphatic hydroxyl groups excluding tert-OH is 1. The van der Waals surface area contributed by atoms with Gasteiger partial charge in [0.25, 0.3) is 5.91 Å². The summed E-state index contributed by atoms with van der Waals surface area (Å²) in [5, 5.41) is 9.84. The fraction of sp³-hybridized carbons (Fsp3) is 0.462. The summed E-state index contributed by atoms with van der Waals surface area (Å²) in [6.07, 6.45) is 1.64. The standard InChI is InChI=1S/C13H17NO2/c15-12(10-11-6-2-1-3-7-11)13(16)14-8-4-5-9-14/h1-3,6-7,12,15H,4-5,8-10H2. The Morgan fingerprint density at radius 1 is 1.25 bits per heavy atom. The zero-order valence-electron chi connectivity index (χ0n) is 9.30. The van der Waals surface area contributed by atoms with Gasteiger partial charge in [0.05, 0.1) is 0 Å². The van der Waals surface area contributed by atoms with Crippen molar-refractivity contribution in [1.29, 1.82) is 0 Å². The van der Waals surface area contributed by atoms with E-state index in [1.54, 1.807) is 4.90 Å². The molecule has 3 nitrogen and oxygen atoms in total. The Hall–Kier alpha value is -1.35. The fourth-order valence-corrected chi connectivity index (χ4v) is 2.07. The van der Waals surface area contributed by atoms with Crippen molar-refractivity contribution in [3.63, 3.8) is 0 Å². The van der Waals surface area contributed by atoms with Crippen molar-refractivity contribution >= 4 is 5.91 Å². The summed E-state index contributed by atoms with van der Waals surface area (Å²) in [5.74, 6) is -0.124. The molecule has 0 saturated carbocycles. The van der Waals surface area contributed by atoms with E-state index in [1.807, 2.05) is 30.3 Å². The lowest BCUT2D eigenvalue weighted by Crippen LogP contribution is -2.38. The summed E-state index contributed by atoms with van der Waals surface area (Å²) in [7, 11) is 0. The predicted molar refractivity (Wildman–Crippen MR) is 62.0 cm³/mol. The van der Waals surface area contributed by atoms with E-state index in [1.165, 1.54) is 0 Å². The van der Waals surface area contributed by atoms with Crippen LogP contribution in [0.1, 0.15) is 18.4 Å². The van der Waals surface area contributed by atoms with E-state index in [4.69, 9.17) is 0 Å². The summed E-state index contributed by atoms with van der Waals surface area (Å²) >= 11 is 0. The van der Waals surface area contributed by atoms with Crippen LogP contribution < -0.4 is 0 Å². The Morgan fingerprint density at radius 2 is 1.88 bits per heavy atom. The highest BCUT2D eigenvalue weighted by atomic mass is 16.3. The van der Waals surface area contributed by atoms with E-state index < -0.39 is 6.10 Å². The Labute approximate surface area is 95.7 Å². The molecule has 1 heterocycles. The van der Waals surface area contributed by atoms with Crippen LogP contribution in [0.5, 0.6) is 0 Å². The maximum Gasteiger partial charge on any atom is 0.251 e. The molecule has 1 aromatic rings. The highest BCUT2D eigenvalue weighted by molar-refractivity contribution is 5.81. The van der Waals surface area contributed by atoms with Crippen molar-refractivity contribution in [2.24, 2.45) is 0 Å². The third-order valence-corrected chi connectivity index (χ3v) is 2.97. The number of likely N-dealkylation sites (tertiary alicyclic amines) is 1. The molecular weight excluding hydrogens is 202 g/mol. The largest absolute Gasteiger partial charge is 0.383 e. The molecule has 16 heavy (non-hydrogen) atoms. The maximum atomic E-state index is 11.8. The number of nitrogens with zero attached hydrogens (tertiary/aromatic N) is 1. The molecule has 2 rings (SSSR count). The molecule has 1 aromatic carbocycles. The number of carbonyl (C=O) groups is 1. The second-order valence-electron chi connectivity index (χ2n) is 4.24. The van der Waals surface area contributed by atoms with Crippen LogP contribution in [0.3, 0.4) is 0 Å². The topological polar surface area (TPSA) is 40.5 Å². The molecule has 1 saturated heterocycles. The van der Waals surface area contributed by atoms with Crippen molar-refractivity contribution in [3.05, 3.63) is 35.9 Å². The van der Waals surface area contributed by atoms with Crippen LogP contribution in [-0.2, 0) is 11.2 Å². The van der Waals surface area contributed by atoms with Gasteiger partial charge in [0, 0.05) is 19.5 Å². The summed E-state index contributed by atoms with van der Waals surface area (Å²) < 4.78 is 0. The van der Waals surface area contributed by atoms with E-state index >= 15 is 0 Å². The molecule has 1 unspecified atom stereocenters. The number of rotatable bonds is 3. The predicted octanol–water partition coefficient (Wildman–Crippen LogP) is 1.21. The normalized spacial score (nSPS) is 17.4. The minimum absolute atomic E-state index is 0.124. The lowest BCUT2D eigenvalue weighted by atomic mass is 10.1. The molecule has 0 bridgehead atoms. The Kier molecular flexibility index (Phi) is 3.57. The number of aliphatic hydroxyl groups is 1. The van der Waals surface area contributed by atoms with Gasteiger partial charge in [0.15, 0.2) is 0 Å². The summed E-state index contributed by atoms with van der Waals surface area (Å²) in [6.45, 7) is 1.59. The number of benzene rings is 1. The Bertz CT molecular complexity index is 344. The molecule has 1 atom stereocenters. The fourth-order valence-electron chi connectivity index (χ4n) is 2.07. The molecule has 1 aliphatic heterocycles. The van der Waals surface area contributed by atoms with E-state index in [0.717, 1.165) is 31.5 Å². The van der Waals surface area contributed by atoms with E-state index in [-0.39, 0.29) is 5.91 Å². The smallest absolute Gasteiger partial charge is 0.251 e. The zero-order chi connectivity index (χ0) is 11.4. The average Bonchev–Trinajstić information content (AvgIpc) is 2.83. The lowest BCUT2D eigenvalue weighted by molar-refractivity contribution is -0.138. The third-order valence-electron chi connectivity index (χ3n) is 2.97. The Morgan fingerprint density at radius 3 is 2.50 bits per heavy atom. The summed E-state index contributed by atoms with van der Waals surface area (Å²) in [5.41, 5.74) is 1.00. The molecule has 86 valence electrons. The highest BCUT2D eigenvalue weighted by Crippen LogP contribution is 2.11. The maximum absolute atomic E-state index is 11.8. The van der Waals surface area contributed by atoms with Crippen molar-refractivity contribution in [1.82, 2.24) is 4.90 Å². The molecule has 3 heteroatoms. The van der Waals surface area contributed by atoms with Gasteiger partial charge in [-0.3, -0.25) is 4.79 Å². The molecule has 1 N–H and O–H groups in total. The molecule has 0 aliphatic carbocycles. The molecule has 1 fully saturated rings. The van der Waals surface area contributed by atoms with Crippen LogP contribution >= 0.6 is 0 Å². The average molecular weight is 219 g/mol. The van der Waals surface area contributed by atoms with Gasteiger partial charge < -0.3 is 10.0 Å². The van der Waals surface area contributed by atoms with Crippen LogP contribution in [0.15, 0.2) is 30.3 Å². The van der Waals surface area contributed by atoms with Crippen LogP contribution in [-0.4, -0.2) is 35.1 Å². The SMILES string of the molecule is O=C(C(O)Cc1ccccc1)N1CCCC1. The second-order valence-corrected chi connectivity index (χ2v) is 4.24. The van der Waals surface area contributed by atoms with Gasteiger partial charge in [0.2, 0.25) is 0 Å². The minimum Gasteiger partial charge on any atom is -0.383 e. The first-order chi connectivity index (χ1) is 7.77. The summed E-state index contributed by atoms with van der Waals surface area (Å²) in [4.78, 5) is 13.6. The zero-order valence-corrected chi connectivity index (χ0v) is 9.30. The van der Waals surface area contributed by atoms with Crippen molar-refractivity contribution in [3.8, 4) is 0 Å². The Balaban J connectivity index is 1.92. The first kappa shape index (κ1) is 11.1. The van der Waals surface area contributed by atoms with Crippen LogP contribution in [0, 0.1) is 0 Å². The molecule has 0 radical (unpaired) electrons. The van der Waals surface area contributed by atoms with Gasteiger partial charge in [-0.15, -0.1) is 0 Å². The van der Waals surface area contributed by atoms with Gasteiger partial charge in [-0.2, -0.15) is 0 Å². The number of amides is 1. The lowest BCUT2D eigenvalue weighted by Gasteiger charge is -2.19. The highest BCUT2D eigenvalue weighted by Gasteiger charge is 2.24. The monoisotopic (exact) mass is 219 g/mol. The molecular formula is C13H17NO2. The first-order valence-electron chi connectivity index (χ1n) is 5.78. The van der Waals surface area contributed by atoms with Gasteiger partial charge in [-0.05, 0) is 18.4 Å². The van der Waals surface area contributed by atoms with Gasteiger partial charge in [-0.1, -0.05) is 30.3 Å². The van der Waals surface area contributed by atoms with Gasteiger partial charge >= 0.3 is 0 Å². The molecule has 1 amide bonds. The third kappa shape index (κ3) is 2.61. The van der Waals surface area contributed by atoms with E-state index in [2.05, 4.69) is 0 Å². The van der Waals surface area contributed by atoms with Crippen LogP contribution in [0.25, 0.3) is 0 Å². The first-order valence-corrected chi connectivity index (χ1v) is 5.78. The quantitative estimate of drug-likeness (QED) is 0.830. The number of carbonyl (C=O) groups excluding carboxylic acids is 1. The second kappa shape index (κ2) is 5.12.